The van der Waals surface area contributed by atoms with Crippen LogP contribution in [0.5, 0.6) is 0 Å². The lowest BCUT2D eigenvalue weighted by molar-refractivity contribution is -0.137. The molecular weight excluding hydrogens is 328 g/mol. The van der Waals surface area contributed by atoms with E-state index in [1.165, 1.54) is 12.1 Å². The number of hydrogen-bond donors (Lipinski definition) is 1. The Morgan fingerprint density at radius 1 is 1.13 bits per heavy atom. The Bertz CT molecular complexity index is 739. The number of rotatable bonds is 4. The fourth-order valence-corrected chi connectivity index (χ4v) is 3.07. The molecule has 3 nitrogen and oxygen atoms in total. The molecule has 0 amide bonds. The van der Waals surface area contributed by atoms with E-state index in [9.17, 15) is 22.6 Å². The largest absolute Gasteiger partial charge is 0.416 e. The van der Waals surface area contributed by atoms with Gasteiger partial charge in [0.05, 0.1) is 11.7 Å². The maximum atomic E-state index is 12.6. The van der Waals surface area contributed by atoms with E-state index in [-0.39, 0.29) is 6.16 Å². The lowest BCUT2D eigenvalue weighted by Crippen LogP contribution is -2.04. The zero-order chi connectivity index (χ0) is 17.3. The zero-order valence-corrected chi connectivity index (χ0v) is 13.5. The highest BCUT2D eigenvalue weighted by atomic mass is 31.2. The van der Waals surface area contributed by atoms with Gasteiger partial charge in [-0.1, -0.05) is 35.9 Å². The second-order valence-electron chi connectivity index (χ2n) is 5.21. The smallest absolute Gasteiger partial charge is 0.324 e. The molecular formula is C16H16F3O3P. The zero-order valence-electron chi connectivity index (χ0n) is 12.6. The highest BCUT2D eigenvalue weighted by molar-refractivity contribution is 7.51. The molecule has 0 aromatic heterocycles. The van der Waals surface area contributed by atoms with Gasteiger partial charge in [0.2, 0.25) is 0 Å². The predicted molar refractivity (Wildman–Crippen MR) is 82.2 cm³/mol. The molecule has 23 heavy (non-hydrogen) atoms. The molecule has 0 fully saturated rings. The highest BCUT2D eigenvalue weighted by Crippen LogP contribution is 2.46. The standard InChI is InChI=1S/C16H16F3O3P/c1-11-3-8-15(13(9-11)10-23(20,21)22-2)12-4-6-14(7-5-12)16(17,18)19/h3-9H,10H2,1-2H3,(H,20,21). The number of hydrogen-bond acceptors (Lipinski definition) is 2. The highest BCUT2D eigenvalue weighted by Gasteiger charge is 2.30. The molecule has 0 bridgehead atoms. The van der Waals surface area contributed by atoms with Crippen LogP contribution in [0.1, 0.15) is 16.7 Å². The topological polar surface area (TPSA) is 46.5 Å². The van der Waals surface area contributed by atoms with Crippen LogP contribution in [0.3, 0.4) is 0 Å². The van der Waals surface area contributed by atoms with Gasteiger partial charge in [-0.2, -0.15) is 13.2 Å². The molecule has 0 saturated carbocycles. The fourth-order valence-electron chi connectivity index (χ4n) is 2.25. The summed E-state index contributed by atoms with van der Waals surface area (Å²) in [6, 6.07) is 9.95. The average molecular weight is 344 g/mol. The number of halogens is 3. The molecule has 0 aliphatic carbocycles. The second-order valence-corrected chi connectivity index (χ2v) is 7.17. The van der Waals surface area contributed by atoms with E-state index >= 15 is 0 Å². The van der Waals surface area contributed by atoms with Gasteiger partial charge in [0.25, 0.3) is 0 Å². The van der Waals surface area contributed by atoms with Gasteiger partial charge in [0.15, 0.2) is 0 Å². The molecule has 7 heteroatoms. The van der Waals surface area contributed by atoms with Crippen molar-refractivity contribution in [2.24, 2.45) is 0 Å². The van der Waals surface area contributed by atoms with Crippen molar-refractivity contribution >= 4 is 7.60 Å². The van der Waals surface area contributed by atoms with Crippen LogP contribution >= 0.6 is 7.60 Å². The summed E-state index contributed by atoms with van der Waals surface area (Å²) in [4.78, 5) is 9.67. The fraction of sp³-hybridized carbons (Fsp3) is 0.250. The van der Waals surface area contributed by atoms with E-state index in [1.807, 2.05) is 6.92 Å². The lowest BCUT2D eigenvalue weighted by atomic mass is 9.98. The molecule has 2 aromatic rings. The molecule has 0 aliphatic heterocycles. The molecule has 2 rings (SSSR count). The van der Waals surface area contributed by atoms with Crippen LogP contribution in [0.2, 0.25) is 0 Å². The summed E-state index contributed by atoms with van der Waals surface area (Å²) in [5.41, 5.74) is 1.85. The van der Waals surface area contributed by atoms with E-state index in [2.05, 4.69) is 4.52 Å². The Hall–Kier alpha value is -1.62. The molecule has 1 N–H and O–H groups in total. The quantitative estimate of drug-likeness (QED) is 0.793. The molecule has 1 atom stereocenters. The molecule has 2 aromatic carbocycles. The third-order valence-electron chi connectivity index (χ3n) is 3.44. The van der Waals surface area contributed by atoms with E-state index in [1.54, 1.807) is 18.2 Å². The SMILES string of the molecule is COP(=O)(O)Cc1cc(C)ccc1-c1ccc(C(F)(F)F)cc1. The molecule has 0 spiro atoms. The van der Waals surface area contributed by atoms with Crippen molar-refractivity contribution in [1.82, 2.24) is 0 Å². The monoisotopic (exact) mass is 344 g/mol. The maximum Gasteiger partial charge on any atom is 0.416 e. The maximum absolute atomic E-state index is 12.6. The summed E-state index contributed by atoms with van der Waals surface area (Å²) in [5.74, 6) is 0. The molecule has 0 saturated heterocycles. The molecule has 1 unspecified atom stereocenters. The van der Waals surface area contributed by atoms with Crippen LogP contribution in [0, 0.1) is 6.92 Å². The summed E-state index contributed by atoms with van der Waals surface area (Å²) in [6.45, 7) is 1.83. The normalized spacial score (nSPS) is 14.5. The number of alkyl halides is 3. The molecule has 124 valence electrons. The molecule has 0 radical (unpaired) electrons. The first kappa shape index (κ1) is 17.7. The van der Waals surface area contributed by atoms with Crippen molar-refractivity contribution < 1.29 is 27.2 Å². The van der Waals surface area contributed by atoms with Gasteiger partial charge in [-0.25, -0.2) is 0 Å². The minimum Gasteiger partial charge on any atom is -0.324 e. The van der Waals surface area contributed by atoms with Crippen molar-refractivity contribution in [1.29, 1.82) is 0 Å². The van der Waals surface area contributed by atoms with Crippen molar-refractivity contribution in [3.8, 4) is 11.1 Å². The van der Waals surface area contributed by atoms with Gasteiger partial charge in [0, 0.05) is 7.11 Å². The van der Waals surface area contributed by atoms with Crippen molar-refractivity contribution in [3.63, 3.8) is 0 Å². The Kier molecular flexibility index (Phi) is 4.99. The van der Waals surface area contributed by atoms with Crippen LogP contribution in [0.15, 0.2) is 42.5 Å². The Labute approximate surface area is 132 Å². The van der Waals surface area contributed by atoms with E-state index in [0.717, 1.165) is 24.8 Å². The predicted octanol–water partition coefficient (Wildman–Crippen LogP) is 5.01. The Morgan fingerprint density at radius 3 is 2.26 bits per heavy atom. The van der Waals surface area contributed by atoms with Gasteiger partial charge in [-0.15, -0.1) is 0 Å². The van der Waals surface area contributed by atoms with Gasteiger partial charge in [-0.3, -0.25) is 4.57 Å². The first-order valence-corrected chi connectivity index (χ1v) is 8.53. The van der Waals surface area contributed by atoms with E-state index in [4.69, 9.17) is 0 Å². The van der Waals surface area contributed by atoms with Gasteiger partial charge in [-0.05, 0) is 35.7 Å². The van der Waals surface area contributed by atoms with Gasteiger partial charge >= 0.3 is 13.8 Å². The molecule has 0 aliphatic rings. The summed E-state index contributed by atoms with van der Waals surface area (Å²) < 4.78 is 54.3. The van der Waals surface area contributed by atoms with E-state index < -0.39 is 19.3 Å². The van der Waals surface area contributed by atoms with Gasteiger partial charge in [0.1, 0.15) is 0 Å². The van der Waals surface area contributed by atoms with Crippen LogP contribution in [0.4, 0.5) is 13.2 Å². The van der Waals surface area contributed by atoms with Gasteiger partial charge < -0.3 is 9.42 Å². The van der Waals surface area contributed by atoms with Crippen molar-refractivity contribution in [3.05, 3.63) is 59.2 Å². The summed E-state index contributed by atoms with van der Waals surface area (Å²) in [5, 5.41) is 0. The van der Waals surface area contributed by atoms with Crippen LogP contribution in [0.25, 0.3) is 11.1 Å². The van der Waals surface area contributed by atoms with Crippen molar-refractivity contribution in [2.75, 3.05) is 7.11 Å². The summed E-state index contributed by atoms with van der Waals surface area (Å²) in [6.07, 6.45) is -4.60. The summed E-state index contributed by atoms with van der Waals surface area (Å²) >= 11 is 0. The Balaban J connectivity index is 2.45. The first-order chi connectivity index (χ1) is 10.6. The van der Waals surface area contributed by atoms with Crippen LogP contribution in [-0.2, 0) is 21.4 Å². The second kappa shape index (κ2) is 6.48. The summed E-state index contributed by atoms with van der Waals surface area (Å²) in [7, 11) is -2.63. The minimum absolute atomic E-state index is 0.207. The number of aryl methyl sites for hydroxylation is 1. The van der Waals surface area contributed by atoms with Crippen LogP contribution < -0.4 is 0 Å². The van der Waals surface area contributed by atoms with Crippen molar-refractivity contribution in [2.45, 2.75) is 19.3 Å². The minimum atomic E-state index is -4.40. The van der Waals surface area contributed by atoms with E-state index in [0.29, 0.717) is 16.7 Å². The van der Waals surface area contributed by atoms with Crippen LogP contribution in [-0.4, -0.2) is 12.0 Å². The number of benzene rings is 2. The molecule has 0 heterocycles. The first-order valence-electron chi connectivity index (χ1n) is 6.77. The Morgan fingerprint density at radius 2 is 1.74 bits per heavy atom. The average Bonchev–Trinajstić information content (AvgIpc) is 2.46. The lowest BCUT2D eigenvalue weighted by Gasteiger charge is -2.15. The third-order valence-corrected chi connectivity index (χ3v) is 4.75. The third kappa shape index (κ3) is 4.44.